The molecule has 2 heterocycles. The Labute approximate surface area is 206 Å². The van der Waals surface area contributed by atoms with Gasteiger partial charge in [-0.25, -0.2) is 4.39 Å². The molecule has 2 aromatic heterocycles. The van der Waals surface area contributed by atoms with E-state index in [9.17, 15) is 14.0 Å². The van der Waals surface area contributed by atoms with Gasteiger partial charge in [0.05, 0.1) is 18.5 Å². The van der Waals surface area contributed by atoms with E-state index in [-0.39, 0.29) is 30.5 Å². The molecule has 0 aliphatic heterocycles. The summed E-state index contributed by atoms with van der Waals surface area (Å²) in [7, 11) is 1.62. The maximum absolute atomic E-state index is 13.1. The molecule has 35 heavy (non-hydrogen) atoms. The molecule has 0 saturated heterocycles. The first-order valence-electron chi connectivity index (χ1n) is 11.0. The van der Waals surface area contributed by atoms with Crippen molar-refractivity contribution in [3.63, 3.8) is 0 Å². The minimum absolute atomic E-state index is 0.112. The van der Waals surface area contributed by atoms with E-state index in [1.54, 1.807) is 30.2 Å². The molecule has 0 radical (unpaired) electrons. The summed E-state index contributed by atoms with van der Waals surface area (Å²) in [5, 5.41) is 8.44. The van der Waals surface area contributed by atoms with Crippen molar-refractivity contribution in [1.82, 2.24) is 15.4 Å². The number of halogens is 1. The van der Waals surface area contributed by atoms with Gasteiger partial charge >= 0.3 is 0 Å². The summed E-state index contributed by atoms with van der Waals surface area (Å²) < 4.78 is 23.6. The van der Waals surface area contributed by atoms with Crippen LogP contribution in [0.1, 0.15) is 37.0 Å². The van der Waals surface area contributed by atoms with Gasteiger partial charge in [-0.2, -0.15) is 0 Å². The topological polar surface area (TPSA) is 84.7 Å². The first-order valence-corrected chi connectivity index (χ1v) is 11.8. The number of amides is 2. The van der Waals surface area contributed by atoms with Crippen molar-refractivity contribution in [2.75, 3.05) is 13.7 Å². The van der Waals surface area contributed by atoms with Crippen molar-refractivity contribution in [3.05, 3.63) is 105 Å². The molecule has 0 bridgehead atoms. The summed E-state index contributed by atoms with van der Waals surface area (Å²) in [6, 6.07) is 18.7. The van der Waals surface area contributed by atoms with Gasteiger partial charge in [-0.15, -0.1) is 11.3 Å². The van der Waals surface area contributed by atoms with Gasteiger partial charge < -0.3 is 19.5 Å². The maximum atomic E-state index is 13.1. The molecule has 180 valence electrons. The Morgan fingerprint density at radius 2 is 1.83 bits per heavy atom. The third-order valence-corrected chi connectivity index (χ3v) is 6.21. The highest BCUT2D eigenvalue weighted by Crippen LogP contribution is 2.17. The molecule has 0 atom stereocenters. The molecule has 0 fully saturated rings. The van der Waals surface area contributed by atoms with Gasteiger partial charge in [-0.1, -0.05) is 35.5 Å². The van der Waals surface area contributed by atoms with E-state index in [1.807, 2.05) is 35.7 Å². The number of carbonyl (C=O) groups excluding carboxylic acids is 2. The lowest BCUT2D eigenvalue weighted by molar-refractivity contribution is 0.0734. The zero-order valence-electron chi connectivity index (χ0n) is 19.1. The summed E-state index contributed by atoms with van der Waals surface area (Å²) in [4.78, 5) is 27.9. The Morgan fingerprint density at radius 3 is 2.51 bits per heavy atom. The summed E-state index contributed by atoms with van der Waals surface area (Å²) in [6.07, 6.45) is 0.639. The van der Waals surface area contributed by atoms with Crippen LogP contribution in [-0.2, 0) is 19.5 Å². The fraction of sp³-hybridized carbons (Fsp3) is 0.192. The van der Waals surface area contributed by atoms with Crippen molar-refractivity contribution >= 4 is 23.2 Å². The number of carbonyl (C=O) groups is 2. The summed E-state index contributed by atoms with van der Waals surface area (Å²) in [6.45, 7) is 0.854. The van der Waals surface area contributed by atoms with E-state index in [4.69, 9.17) is 9.26 Å². The lowest BCUT2D eigenvalue weighted by Gasteiger charge is -2.21. The van der Waals surface area contributed by atoms with Crippen molar-refractivity contribution < 1.29 is 23.2 Å². The largest absolute Gasteiger partial charge is 0.497 e. The van der Waals surface area contributed by atoms with E-state index in [0.717, 1.165) is 16.9 Å². The van der Waals surface area contributed by atoms with Crippen LogP contribution in [0.15, 0.2) is 76.6 Å². The van der Waals surface area contributed by atoms with Crippen molar-refractivity contribution in [3.8, 4) is 5.75 Å². The number of benzene rings is 2. The second-order valence-corrected chi connectivity index (χ2v) is 8.74. The van der Waals surface area contributed by atoms with Crippen LogP contribution in [0, 0.1) is 5.82 Å². The molecule has 7 nitrogen and oxygen atoms in total. The zero-order valence-corrected chi connectivity index (χ0v) is 19.9. The quantitative estimate of drug-likeness (QED) is 0.346. The molecule has 2 aromatic carbocycles. The van der Waals surface area contributed by atoms with Crippen molar-refractivity contribution in [2.45, 2.75) is 19.5 Å². The number of nitrogens with one attached hydrogen (secondary N) is 1. The van der Waals surface area contributed by atoms with Gasteiger partial charge in [0, 0.05) is 19.2 Å². The lowest BCUT2D eigenvalue weighted by Crippen LogP contribution is -2.32. The SMILES string of the molecule is COc1ccc(CCN(Cc2cc(C(=O)NCc3ccc(F)cc3)no2)C(=O)c2cccs2)cc1. The lowest BCUT2D eigenvalue weighted by atomic mass is 10.1. The molecule has 0 saturated carbocycles. The summed E-state index contributed by atoms with van der Waals surface area (Å²) in [5.74, 6) is 0.296. The molecule has 2 amide bonds. The number of aromatic nitrogens is 1. The number of hydrogen-bond donors (Lipinski definition) is 1. The van der Waals surface area contributed by atoms with Crippen molar-refractivity contribution in [1.29, 1.82) is 0 Å². The fourth-order valence-corrected chi connectivity index (χ4v) is 4.11. The van der Waals surface area contributed by atoms with E-state index in [2.05, 4.69) is 10.5 Å². The van der Waals surface area contributed by atoms with Crippen LogP contribution in [0.25, 0.3) is 0 Å². The Bertz CT molecular complexity index is 1250. The number of rotatable bonds is 10. The van der Waals surface area contributed by atoms with Gasteiger partial charge in [0.15, 0.2) is 11.5 Å². The zero-order chi connectivity index (χ0) is 24.6. The summed E-state index contributed by atoms with van der Waals surface area (Å²) >= 11 is 1.37. The second-order valence-electron chi connectivity index (χ2n) is 7.79. The molecule has 0 spiro atoms. The predicted octanol–water partition coefficient (Wildman–Crippen LogP) is 4.70. The smallest absolute Gasteiger partial charge is 0.273 e. The minimum Gasteiger partial charge on any atom is -0.497 e. The van der Waals surface area contributed by atoms with E-state index < -0.39 is 5.91 Å². The van der Waals surface area contributed by atoms with E-state index in [1.165, 1.54) is 29.5 Å². The van der Waals surface area contributed by atoms with Crippen LogP contribution < -0.4 is 10.1 Å². The second kappa shape index (κ2) is 11.4. The number of thiophene rings is 1. The average molecular weight is 494 g/mol. The van der Waals surface area contributed by atoms with Gasteiger partial charge in [-0.3, -0.25) is 9.59 Å². The van der Waals surface area contributed by atoms with E-state index >= 15 is 0 Å². The average Bonchev–Trinajstić information content (AvgIpc) is 3.59. The van der Waals surface area contributed by atoms with Crippen LogP contribution in [0.5, 0.6) is 5.75 Å². The Kier molecular flexibility index (Phi) is 7.89. The highest BCUT2D eigenvalue weighted by molar-refractivity contribution is 7.12. The van der Waals surface area contributed by atoms with Gasteiger partial charge in [-0.05, 0) is 53.3 Å². The molecule has 1 N–H and O–H groups in total. The molecular weight excluding hydrogens is 469 g/mol. The predicted molar refractivity (Wildman–Crippen MR) is 130 cm³/mol. The number of hydrogen-bond acceptors (Lipinski definition) is 6. The van der Waals surface area contributed by atoms with Crippen LogP contribution in [0.2, 0.25) is 0 Å². The van der Waals surface area contributed by atoms with E-state index in [0.29, 0.717) is 23.6 Å². The number of methoxy groups -OCH3 is 1. The third kappa shape index (κ3) is 6.54. The Morgan fingerprint density at radius 1 is 1.09 bits per heavy atom. The van der Waals surface area contributed by atoms with Crippen molar-refractivity contribution in [2.24, 2.45) is 0 Å². The Hall–Kier alpha value is -3.98. The molecule has 0 aliphatic rings. The highest BCUT2D eigenvalue weighted by Gasteiger charge is 2.20. The number of nitrogens with zero attached hydrogens (tertiary/aromatic N) is 2. The van der Waals surface area contributed by atoms with Crippen LogP contribution in [0.4, 0.5) is 4.39 Å². The third-order valence-electron chi connectivity index (χ3n) is 5.35. The summed E-state index contributed by atoms with van der Waals surface area (Å²) in [5.41, 5.74) is 1.93. The maximum Gasteiger partial charge on any atom is 0.273 e. The molecular formula is C26H24FN3O4S. The molecule has 0 unspecified atom stereocenters. The molecule has 4 aromatic rings. The van der Waals surface area contributed by atoms with Gasteiger partial charge in [0.2, 0.25) is 0 Å². The monoisotopic (exact) mass is 493 g/mol. The van der Waals surface area contributed by atoms with Crippen LogP contribution >= 0.6 is 11.3 Å². The molecule has 9 heteroatoms. The molecule has 4 rings (SSSR count). The van der Waals surface area contributed by atoms with Crippen LogP contribution in [-0.4, -0.2) is 35.5 Å². The van der Waals surface area contributed by atoms with Gasteiger partial charge in [0.25, 0.3) is 11.8 Å². The van der Waals surface area contributed by atoms with Gasteiger partial charge in [0.1, 0.15) is 11.6 Å². The first-order chi connectivity index (χ1) is 17.0. The minimum atomic E-state index is -0.418. The molecule has 0 aliphatic carbocycles. The standard InChI is InChI=1S/C26H24FN3O4S/c1-33-21-10-6-18(7-11-21)12-13-30(26(32)24-3-2-14-35-24)17-22-15-23(29-34-22)25(31)28-16-19-4-8-20(27)9-5-19/h2-11,14-15H,12-13,16-17H2,1H3,(H,28,31). The Balaban J connectivity index is 1.40. The normalized spacial score (nSPS) is 10.7. The first kappa shape index (κ1) is 24.2. The van der Waals surface area contributed by atoms with Crippen LogP contribution in [0.3, 0.4) is 0 Å². The number of ether oxygens (including phenoxy) is 1. The fourth-order valence-electron chi connectivity index (χ4n) is 3.42. The highest BCUT2D eigenvalue weighted by atomic mass is 32.1.